The second kappa shape index (κ2) is 5.04. The molecule has 1 aromatic heterocycles. The fourth-order valence-electron chi connectivity index (χ4n) is 2.89. The summed E-state index contributed by atoms with van der Waals surface area (Å²) in [6.45, 7) is 8.61. The van der Waals surface area contributed by atoms with Gasteiger partial charge in [0, 0.05) is 18.5 Å². The van der Waals surface area contributed by atoms with Crippen molar-refractivity contribution in [1.82, 2.24) is 4.98 Å². The molecule has 3 heteroatoms. The molecule has 2 heterocycles. The van der Waals surface area contributed by atoms with Crippen molar-refractivity contribution in [1.29, 1.82) is 5.26 Å². The summed E-state index contributed by atoms with van der Waals surface area (Å²) >= 11 is 0. The fourth-order valence-corrected chi connectivity index (χ4v) is 2.89. The highest BCUT2D eigenvalue weighted by molar-refractivity contribution is 5.84. The lowest BCUT2D eigenvalue weighted by atomic mass is 9.86. The van der Waals surface area contributed by atoms with Crippen molar-refractivity contribution in [3.05, 3.63) is 35.4 Å². The summed E-state index contributed by atoms with van der Waals surface area (Å²) in [5.41, 5.74) is 3.04. The monoisotopic (exact) mass is 279 g/mol. The molecule has 0 bridgehead atoms. The van der Waals surface area contributed by atoms with E-state index in [-0.39, 0.29) is 5.41 Å². The Morgan fingerprint density at radius 2 is 1.86 bits per heavy atom. The first-order valence-electron chi connectivity index (χ1n) is 7.59. The molecule has 0 saturated carbocycles. The molecular weight excluding hydrogens is 258 g/mol. The van der Waals surface area contributed by atoms with Crippen LogP contribution in [0.2, 0.25) is 0 Å². The van der Waals surface area contributed by atoms with Crippen molar-refractivity contribution in [2.45, 2.75) is 39.0 Å². The zero-order valence-electron chi connectivity index (χ0n) is 13.0. The Balaban J connectivity index is 2.14. The summed E-state index contributed by atoms with van der Waals surface area (Å²) in [6.07, 6.45) is 2.38. The van der Waals surface area contributed by atoms with Gasteiger partial charge < -0.3 is 4.90 Å². The molecule has 3 nitrogen and oxygen atoms in total. The molecule has 0 atom stereocenters. The number of pyridine rings is 1. The predicted octanol–water partition coefficient (Wildman–Crippen LogP) is 4.00. The lowest BCUT2D eigenvalue weighted by Crippen LogP contribution is -2.20. The van der Waals surface area contributed by atoms with E-state index in [9.17, 15) is 5.26 Å². The van der Waals surface area contributed by atoms with E-state index in [0.29, 0.717) is 5.56 Å². The number of benzene rings is 1. The van der Waals surface area contributed by atoms with Crippen LogP contribution in [-0.2, 0) is 5.41 Å². The Morgan fingerprint density at radius 1 is 1.14 bits per heavy atom. The number of aromatic nitrogens is 1. The highest BCUT2D eigenvalue weighted by Crippen LogP contribution is 2.29. The van der Waals surface area contributed by atoms with Gasteiger partial charge in [0.2, 0.25) is 0 Å². The van der Waals surface area contributed by atoms with Crippen molar-refractivity contribution >= 4 is 16.7 Å². The number of nitrogens with zero attached hydrogens (tertiary/aromatic N) is 3. The number of rotatable bonds is 1. The first-order chi connectivity index (χ1) is 9.99. The molecule has 3 rings (SSSR count). The molecule has 1 aliphatic heterocycles. The molecular formula is C18H21N3. The molecule has 21 heavy (non-hydrogen) atoms. The zero-order valence-corrected chi connectivity index (χ0v) is 13.0. The molecule has 1 aliphatic rings. The lowest BCUT2D eigenvalue weighted by molar-refractivity contribution is 0.591. The molecule has 0 spiro atoms. The van der Waals surface area contributed by atoms with E-state index < -0.39 is 0 Å². The van der Waals surface area contributed by atoms with E-state index in [2.05, 4.69) is 49.9 Å². The zero-order chi connectivity index (χ0) is 15.0. The highest BCUT2D eigenvalue weighted by Gasteiger charge is 2.19. The predicted molar refractivity (Wildman–Crippen MR) is 86.6 cm³/mol. The average molecular weight is 279 g/mol. The summed E-state index contributed by atoms with van der Waals surface area (Å²) in [6, 6.07) is 10.7. The van der Waals surface area contributed by atoms with Crippen molar-refractivity contribution in [3.8, 4) is 6.07 Å². The second-order valence-electron chi connectivity index (χ2n) is 6.82. The van der Waals surface area contributed by atoms with E-state index in [4.69, 9.17) is 4.98 Å². The molecule has 2 aromatic rings. The third kappa shape index (κ3) is 2.58. The number of nitriles is 1. The largest absolute Gasteiger partial charge is 0.356 e. The summed E-state index contributed by atoms with van der Waals surface area (Å²) in [5, 5.41) is 10.5. The van der Waals surface area contributed by atoms with Gasteiger partial charge in [-0.2, -0.15) is 5.26 Å². The molecule has 1 saturated heterocycles. The lowest BCUT2D eigenvalue weighted by Gasteiger charge is -2.21. The summed E-state index contributed by atoms with van der Waals surface area (Å²) < 4.78 is 0. The molecule has 108 valence electrons. The normalized spacial score (nSPS) is 15.4. The molecule has 0 aliphatic carbocycles. The van der Waals surface area contributed by atoms with E-state index in [0.717, 1.165) is 29.8 Å². The van der Waals surface area contributed by atoms with Gasteiger partial charge in [0.25, 0.3) is 0 Å². The van der Waals surface area contributed by atoms with Crippen molar-refractivity contribution in [2.24, 2.45) is 0 Å². The van der Waals surface area contributed by atoms with Crippen LogP contribution in [0.3, 0.4) is 0 Å². The van der Waals surface area contributed by atoms with Crippen molar-refractivity contribution in [3.63, 3.8) is 0 Å². The third-order valence-corrected chi connectivity index (χ3v) is 4.19. The van der Waals surface area contributed by atoms with E-state index in [1.54, 1.807) is 0 Å². The minimum Gasteiger partial charge on any atom is -0.356 e. The molecule has 1 aromatic carbocycles. The minimum absolute atomic E-state index is 0.106. The average Bonchev–Trinajstić information content (AvgIpc) is 2.98. The first kappa shape index (κ1) is 13.9. The van der Waals surface area contributed by atoms with Crippen LogP contribution < -0.4 is 4.90 Å². The van der Waals surface area contributed by atoms with Gasteiger partial charge >= 0.3 is 0 Å². The Morgan fingerprint density at radius 3 is 2.48 bits per heavy atom. The summed E-state index contributed by atoms with van der Waals surface area (Å²) in [4.78, 5) is 6.99. The summed E-state index contributed by atoms with van der Waals surface area (Å²) in [5.74, 6) is 0.853. The molecule has 0 radical (unpaired) electrons. The van der Waals surface area contributed by atoms with Gasteiger partial charge in [-0.1, -0.05) is 26.8 Å². The highest BCUT2D eigenvalue weighted by atomic mass is 15.2. The Bertz CT molecular complexity index is 714. The van der Waals surface area contributed by atoms with Crippen LogP contribution >= 0.6 is 0 Å². The first-order valence-corrected chi connectivity index (χ1v) is 7.59. The second-order valence-corrected chi connectivity index (χ2v) is 6.82. The van der Waals surface area contributed by atoms with Gasteiger partial charge in [0.05, 0.1) is 11.1 Å². The molecule has 0 N–H and O–H groups in total. The van der Waals surface area contributed by atoms with Crippen LogP contribution in [-0.4, -0.2) is 18.1 Å². The minimum atomic E-state index is 0.106. The van der Waals surface area contributed by atoms with Crippen LogP contribution in [0.15, 0.2) is 24.3 Å². The van der Waals surface area contributed by atoms with Gasteiger partial charge in [-0.15, -0.1) is 0 Å². The third-order valence-electron chi connectivity index (χ3n) is 4.19. The SMILES string of the molecule is CC(C)(C)c1ccc2nc(N3CCCC3)c(C#N)cc2c1. The number of hydrogen-bond donors (Lipinski definition) is 0. The Kier molecular flexibility index (Phi) is 3.33. The quantitative estimate of drug-likeness (QED) is 0.792. The maximum Gasteiger partial charge on any atom is 0.147 e. The van der Waals surface area contributed by atoms with Gasteiger partial charge in [0.15, 0.2) is 0 Å². The number of hydrogen-bond acceptors (Lipinski definition) is 3. The standard InChI is InChI=1S/C18H21N3/c1-18(2,3)15-6-7-16-13(11-15)10-14(12-19)17(20-16)21-8-4-5-9-21/h6-7,10-11H,4-5,8-9H2,1-3H3. The van der Waals surface area contributed by atoms with Crippen LogP contribution in [0.1, 0.15) is 44.7 Å². The topological polar surface area (TPSA) is 39.9 Å². The maximum atomic E-state index is 9.45. The van der Waals surface area contributed by atoms with Crippen LogP contribution in [0.4, 0.5) is 5.82 Å². The van der Waals surface area contributed by atoms with E-state index in [1.807, 2.05) is 6.07 Å². The van der Waals surface area contributed by atoms with Gasteiger partial charge in [-0.25, -0.2) is 4.98 Å². The van der Waals surface area contributed by atoms with Gasteiger partial charge in [-0.05, 0) is 42.0 Å². The maximum absolute atomic E-state index is 9.45. The van der Waals surface area contributed by atoms with Crippen LogP contribution in [0, 0.1) is 11.3 Å². The fraction of sp³-hybridized carbons (Fsp3) is 0.444. The summed E-state index contributed by atoms with van der Waals surface area (Å²) in [7, 11) is 0. The van der Waals surface area contributed by atoms with E-state index >= 15 is 0 Å². The van der Waals surface area contributed by atoms with Crippen molar-refractivity contribution in [2.75, 3.05) is 18.0 Å². The number of anilines is 1. The van der Waals surface area contributed by atoms with Crippen molar-refractivity contribution < 1.29 is 0 Å². The van der Waals surface area contributed by atoms with Crippen LogP contribution in [0.25, 0.3) is 10.9 Å². The molecule has 1 fully saturated rings. The Labute approximate surface area is 126 Å². The smallest absolute Gasteiger partial charge is 0.147 e. The van der Waals surface area contributed by atoms with E-state index in [1.165, 1.54) is 18.4 Å². The number of fused-ring (bicyclic) bond motifs is 1. The molecule has 0 unspecified atom stereocenters. The molecule has 0 amide bonds. The van der Waals surface area contributed by atoms with Gasteiger partial charge in [-0.3, -0.25) is 0 Å². The van der Waals surface area contributed by atoms with Gasteiger partial charge in [0.1, 0.15) is 11.9 Å². The van der Waals surface area contributed by atoms with Crippen LogP contribution in [0.5, 0.6) is 0 Å². The Hall–Kier alpha value is -2.08.